The minimum atomic E-state index is -0.562. The fourth-order valence-corrected chi connectivity index (χ4v) is 3.61. The van der Waals surface area contributed by atoms with Crippen molar-refractivity contribution in [3.8, 4) is 0 Å². The number of hydrazone groups is 1. The lowest BCUT2D eigenvalue weighted by molar-refractivity contribution is -0.117. The Kier molecular flexibility index (Phi) is 6.66. The molecule has 4 aromatic rings. The molecule has 0 aliphatic heterocycles. The van der Waals surface area contributed by atoms with E-state index in [4.69, 9.17) is 11.6 Å². The number of aromatic amines is 1. The van der Waals surface area contributed by atoms with E-state index in [2.05, 4.69) is 20.8 Å². The molecule has 4 rings (SSSR count). The number of aromatic nitrogens is 1. The van der Waals surface area contributed by atoms with Crippen LogP contribution in [0.15, 0.2) is 89.7 Å². The highest BCUT2D eigenvalue weighted by Crippen LogP contribution is 2.20. The summed E-state index contributed by atoms with van der Waals surface area (Å²) in [6.07, 6.45) is 3.17. The molecule has 0 bridgehead atoms. The molecule has 7 heteroatoms. The lowest BCUT2D eigenvalue weighted by atomic mass is 10.1. The van der Waals surface area contributed by atoms with Crippen molar-refractivity contribution in [3.63, 3.8) is 0 Å². The van der Waals surface area contributed by atoms with Crippen LogP contribution in [-0.2, 0) is 4.79 Å². The number of H-pyrrole nitrogens is 1. The van der Waals surface area contributed by atoms with Gasteiger partial charge in [-0.3, -0.25) is 9.59 Å². The average molecular weight is 457 g/mol. The van der Waals surface area contributed by atoms with E-state index in [9.17, 15) is 9.59 Å². The summed E-state index contributed by atoms with van der Waals surface area (Å²) in [4.78, 5) is 29.0. The van der Waals surface area contributed by atoms with Gasteiger partial charge >= 0.3 is 0 Å². The minimum absolute atomic E-state index is 0.0407. The van der Waals surface area contributed by atoms with Gasteiger partial charge in [-0.1, -0.05) is 72.3 Å². The molecule has 0 saturated heterocycles. The summed E-state index contributed by atoms with van der Waals surface area (Å²) in [5, 5.41) is 8.07. The third-order valence-corrected chi connectivity index (χ3v) is 5.35. The van der Waals surface area contributed by atoms with Gasteiger partial charge in [-0.25, -0.2) is 5.43 Å². The number of amides is 2. The highest BCUT2D eigenvalue weighted by atomic mass is 35.5. The molecular formula is C26H21ClN4O2. The molecule has 0 fully saturated rings. The number of benzene rings is 3. The first-order chi connectivity index (χ1) is 16.0. The number of aryl methyl sites for hydroxylation is 1. The summed E-state index contributed by atoms with van der Waals surface area (Å²) < 4.78 is 0. The second kappa shape index (κ2) is 9.97. The fraction of sp³-hybridized carbons (Fsp3) is 0.0385. The monoisotopic (exact) mass is 456 g/mol. The summed E-state index contributed by atoms with van der Waals surface area (Å²) in [5.74, 6) is -1.05. The second-order valence-electron chi connectivity index (χ2n) is 7.31. The smallest absolute Gasteiger partial charge is 0.287 e. The van der Waals surface area contributed by atoms with Crippen LogP contribution in [0.5, 0.6) is 0 Å². The van der Waals surface area contributed by atoms with E-state index in [1.54, 1.807) is 36.6 Å². The van der Waals surface area contributed by atoms with Gasteiger partial charge in [-0.15, -0.1) is 0 Å². The molecule has 1 heterocycles. The third-order valence-electron chi connectivity index (χ3n) is 5.03. The maximum absolute atomic E-state index is 12.9. The zero-order chi connectivity index (χ0) is 23.2. The van der Waals surface area contributed by atoms with Gasteiger partial charge in [0.15, 0.2) is 0 Å². The molecule has 2 amide bonds. The van der Waals surface area contributed by atoms with E-state index in [1.165, 1.54) is 0 Å². The Morgan fingerprint density at radius 1 is 0.939 bits per heavy atom. The Balaban J connectivity index is 1.57. The van der Waals surface area contributed by atoms with Gasteiger partial charge in [0.2, 0.25) is 0 Å². The Morgan fingerprint density at radius 3 is 2.42 bits per heavy atom. The van der Waals surface area contributed by atoms with Gasteiger partial charge in [0.1, 0.15) is 5.70 Å². The van der Waals surface area contributed by atoms with Crippen LogP contribution in [0.3, 0.4) is 0 Å². The van der Waals surface area contributed by atoms with Gasteiger partial charge in [-0.05, 0) is 36.8 Å². The number of carbonyl (C=O) groups excluding carboxylic acids is 2. The maximum Gasteiger partial charge on any atom is 0.287 e. The Labute approximate surface area is 196 Å². The third kappa shape index (κ3) is 5.19. The van der Waals surface area contributed by atoms with Crippen LogP contribution in [0, 0.1) is 6.92 Å². The molecule has 0 atom stereocenters. The number of rotatable bonds is 6. The van der Waals surface area contributed by atoms with Crippen molar-refractivity contribution in [1.29, 1.82) is 0 Å². The highest BCUT2D eigenvalue weighted by Gasteiger charge is 2.16. The van der Waals surface area contributed by atoms with Gasteiger partial charge in [0, 0.05) is 22.2 Å². The number of fused-ring (bicyclic) bond motifs is 1. The van der Waals surface area contributed by atoms with E-state index < -0.39 is 11.8 Å². The second-order valence-corrected chi connectivity index (χ2v) is 7.72. The van der Waals surface area contributed by atoms with Crippen LogP contribution < -0.4 is 10.7 Å². The minimum Gasteiger partial charge on any atom is -0.358 e. The maximum atomic E-state index is 12.9. The number of nitrogens with one attached hydrogen (secondary N) is 3. The van der Waals surface area contributed by atoms with Gasteiger partial charge in [-0.2, -0.15) is 5.10 Å². The molecule has 33 heavy (non-hydrogen) atoms. The Bertz CT molecular complexity index is 1370. The molecule has 3 N–H and O–H groups in total. The SMILES string of the molecule is Cc1[nH]c2ccccc2c1C=NNC(=O)/C(=C/c1ccccc1)NC(=O)c1ccccc1Cl. The molecule has 0 spiro atoms. The van der Waals surface area contributed by atoms with E-state index in [0.717, 1.165) is 27.7 Å². The molecule has 0 saturated carbocycles. The first kappa shape index (κ1) is 22.0. The molecule has 0 aliphatic carbocycles. The van der Waals surface area contributed by atoms with Crippen molar-refractivity contribution in [2.24, 2.45) is 5.10 Å². The molecule has 0 aliphatic rings. The van der Waals surface area contributed by atoms with E-state index in [1.807, 2.05) is 61.5 Å². The molecule has 6 nitrogen and oxygen atoms in total. The van der Waals surface area contributed by atoms with E-state index in [-0.39, 0.29) is 11.3 Å². The largest absolute Gasteiger partial charge is 0.358 e. The summed E-state index contributed by atoms with van der Waals surface area (Å²) in [7, 11) is 0. The molecule has 1 aromatic heterocycles. The van der Waals surface area contributed by atoms with Crippen molar-refractivity contribution in [2.75, 3.05) is 0 Å². The van der Waals surface area contributed by atoms with Crippen molar-refractivity contribution < 1.29 is 9.59 Å². The normalized spacial score (nSPS) is 11.6. The molecule has 164 valence electrons. The number of hydrogen-bond donors (Lipinski definition) is 3. The van der Waals surface area contributed by atoms with Crippen molar-refractivity contribution in [3.05, 3.63) is 112 Å². The van der Waals surface area contributed by atoms with Gasteiger partial charge in [0.25, 0.3) is 11.8 Å². The fourth-order valence-electron chi connectivity index (χ4n) is 3.39. The first-order valence-corrected chi connectivity index (χ1v) is 10.6. The van der Waals surface area contributed by atoms with E-state index >= 15 is 0 Å². The lowest BCUT2D eigenvalue weighted by Gasteiger charge is -2.10. The first-order valence-electron chi connectivity index (χ1n) is 10.3. The lowest BCUT2D eigenvalue weighted by Crippen LogP contribution is -2.33. The van der Waals surface area contributed by atoms with Gasteiger partial charge < -0.3 is 10.3 Å². The van der Waals surface area contributed by atoms with Crippen molar-refractivity contribution in [1.82, 2.24) is 15.7 Å². The molecule has 0 unspecified atom stereocenters. The average Bonchev–Trinajstić information content (AvgIpc) is 3.14. The van der Waals surface area contributed by atoms with Crippen molar-refractivity contribution >= 4 is 46.6 Å². The zero-order valence-electron chi connectivity index (χ0n) is 17.8. The van der Waals surface area contributed by atoms with Crippen LogP contribution in [0.1, 0.15) is 27.2 Å². The van der Waals surface area contributed by atoms with Gasteiger partial charge in [0.05, 0.1) is 16.8 Å². The van der Waals surface area contributed by atoms with E-state index in [0.29, 0.717) is 5.02 Å². The standard InChI is InChI=1S/C26H21ClN4O2/c1-17-21(19-11-6-8-14-23(19)29-17)16-28-31-26(33)24(15-18-9-3-2-4-10-18)30-25(32)20-12-5-7-13-22(20)27/h2-16,29H,1H3,(H,30,32)(H,31,33)/b24-15-,28-16?. The van der Waals surface area contributed by atoms with Crippen LogP contribution in [0.2, 0.25) is 5.02 Å². The predicted octanol–water partition coefficient (Wildman–Crippen LogP) is 5.05. The highest BCUT2D eigenvalue weighted by molar-refractivity contribution is 6.34. The number of carbonyl (C=O) groups is 2. The summed E-state index contributed by atoms with van der Waals surface area (Å²) in [6.45, 7) is 1.94. The quantitative estimate of drug-likeness (QED) is 0.215. The zero-order valence-corrected chi connectivity index (χ0v) is 18.6. The molecule has 3 aromatic carbocycles. The van der Waals surface area contributed by atoms with Crippen LogP contribution in [-0.4, -0.2) is 23.0 Å². The predicted molar refractivity (Wildman–Crippen MR) is 132 cm³/mol. The van der Waals surface area contributed by atoms with Crippen LogP contribution in [0.4, 0.5) is 0 Å². The summed E-state index contributed by atoms with van der Waals surface area (Å²) in [5.41, 5.74) is 6.35. The number of halogens is 1. The molecular weight excluding hydrogens is 436 g/mol. The van der Waals surface area contributed by atoms with Crippen LogP contribution in [0.25, 0.3) is 17.0 Å². The summed E-state index contributed by atoms with van der Waals surface area (Å²) >= 11 is 6.14. The summed E-state index contributed by atoms with van der Waals surface area (Å²) in [6, 6.07) is 23.7. The number of hydrogen-bond acceptors (Lipinski definition) is 3. The topological polar surface area (TPSA) is 86.3 Å². The Hall–Kier alpha value is -4.16. The Morgan fingerprint density at radius 2 is 1.64 bits per heavy atom. The molecule has 0 radical (unpaired) electrons. The number of para-hydroxylation sites is 1. The number of nitrogens with zero attached hydrogens (tertiary/aromatic N) is 1. The van der Waals surface area contributed by atoms with Crippen LogP contribution >= 0.6 is 11.6 Å². The van der Waals surface area contributed by atoms with Crippen molar-refractivity contribution in [2.45, 2.75) is 6.92 Å².